The van der Waals surface area contributed by atoms with Gasteiger partial charge in [-0.25, -0.2) is 4.21 Å². The molecule has 0 spiro atoms. The van der Waals surface area contributed by atoms with Crippen molar-refractivity contribution in [2.24, 2.45) is 5.41 Å². The molecule has 3 aliphatic rings. The molecule has 1 N–H and O–H groups in total. The van der Waals surface area contributed by atoms with E-state index in [0.29, 0.717) is 38.2 Å². The number of methoxy groups -OCH3 is 1. The molecule has 1 saturated heterocycles. The monoisotopic (exact) mass is 805 g/mol. The number of carboxylic acid groups (broad SMARTS) is 1. The zero-order chi connectivity index (χ0) is 39.7. The number of benzene rings is 1. The molecule has 54 heavy (non-hydrogen) atoms. The van der Waals surface area contributed by atoms with Crippen molar-refractivity contribution in [1.29, 1.82) is 0 Å². The van der Waals surface area contributed by atoms with Crippen LogP contribution in [-0.2, 0) is 48.7 Å². The summed E-state index contributed by atoms with van der Waals surface area (Å²) in [5.74, 6) is -0.413. The maximum Gasteiger partial charge on any atom is 0.303 e. The van der Waals surface area contributed by atoms with Crippen LogP contribution < -0.4 is 0 Å². The Bertz CT molecular complexity index is 1860. The van der Waals surface area contributed by atoms with Gasteiger partial charge in [-0.2, -0.15) is 13.0 Å². The SMILES string of the molecule is COCCN1C2=CCC(C)(S(=O)(=O)OC)C=C2C(C)(CCCS(=O)OC)C1=CC=CC=CC1=[N+](CCCCCC(=O)O)c2ccc(SOC)cc2C1(C)C. The van der Waals surface area contributed by atoms with E-state index < -0.39 is 37.3 Å². The number of aliphatic carboxylic acids is 1. The number of allylic oxidation sites excluding steroid dienone is 8. The van der Waals surface area contributed by atoms with E-state index in [1.807, 2.05) is 30.4 Å². The van der Waals surface area contributed by atoms with Gasteiger partial charge in [0.25, 0.3) is 10.1 Å². The number of nitrogens with zero attached hydrogens (tertiary/aromatic N) is 2. The Kier molecular flexibility index (Phi) is 15.3. The van der Waals surface area contributed by atoms with Crippen LogP contribution in [0.4, 0.5) is 5.69 Å². The summed E-state index contributed by atoms with van der Waals surface area (Å²) in [7, 11) is 2.05. The first kappa shape index (κ1) is 43.9. The third kappa shape index (κ3) is 9.56. The Morgan fingerprint density at radius 3 is 2.48 bits per heavy atom. The van der Waals surface area contributed by atoms with Crippen LogP contribution in [0, 0.1) is 5.41 Å². The molecule has 0 aromatic heterocycles. The number of hydrogen-bond donors (Lipinski definition) is 1. The van der Waals surface area contributed by atoms with Gasteiger partial charge in [0, 0.05) is 83.7 Å². The highest BCUT2D eigenvalue weighted by atomic mass is 32.2. The van der Waals surface area contributed by atoms with Gasteiger partial charge in [0.05, 0.1) is 33.4 Å². The van der Waals surface area contributed by atoms with Crippen molar-refractivity contribution in [3.8, 4) is 0 Å². The molecule has 2 aliphatic heterocycles. The van der Waals surface area contributed by atoms with E-state index in [2.05, 4.69) is 60.6 Å². The topological polar surface area (TPSA) is 132 Å². The Hall–Kier alpha value is -2.85. The molecule has 11 nitrogen and oxygen atoms in total. The first-order chi connectivity index (χ1) is 25.6. The van der Waals surface area contributed by atoms with Gasteiger partial charge in [-0.3, -0.25) is 13.2 Å². The number of unbranched alkanes of at least 4 members (excludes halogenated alkanes) is 2. The summed E-state index contributed by atoms with van der Waals surface area (Å²) < 4.78 is 60.6. The predicted octanol–water partition coefficient (Wildman–Crippen LogP) is 7.37. The Labute approximate surface area is 328 Å². The molecule has 0 amide bonds. The standard InChI is InChI=1S/C40H56N2O9S3/c1-38(2)31-28-30(52-49-6)19-20-33(31)41(24-14-10-13-18-37(43)44)35(38)16-11-9-12-17-36-40(4,22-15-27-53(45)50-7)32-29-39(3,54(46,47)51-8)23-21-34(32)42(36)25-26-48-5/h9,11-12,16-17,19-21,28-29H,10,13-15,18,22-27H2,1-8H3/p+1. The van der Waals surface area contributed by atoms with Crippen LogP contribution in [0.5, 0.6) is 0 Å². The van der Waals surface area contributed by atoms with Gasteiger partial charge in [0.1, 0.15) is 11.3 Å². The van der Waals surface area contributed by atoms with E-state index in [-0.39, 0.29) is 18.3 Å². The molecule has 14 heteroatoms. The first-order valence-electron chi connectivity index (χ1n) is 18.3. The fraction of sp³-hybridized carbons (Fsp3) is 0.550. The van der Waals surface area contributed by atoms with Crippen LogP contribution in [0.3, 0.4) is 0 Å². The lowest BCUT2D eigenvalue weighted by Gasteiger charge is -2.32. The van der Waals surface area contributed by atoms with Crippen molar-refractivity contribution in [1.82, 2.24) is 4.90 Å². The maximum atomic E-state index is 13.2. The molecule has 2 heterocycles. The second kappa shape index (κ2) is 18.9. The van der Waals surface area contributed by atoms with Gasteiger partial charge in [0.15, 0.2) is 16.8 Å². The maximum absolute atomic E-state index is 13.2. The lowest BCUT2D eigenvalue weighted by molar-refractivity contribution is -0.438. The molecule has 0 saturated carbocycles. The summed E-state index contributed by atoms with van der Waals surface area (Å²) in [5, 5.41) is 9.10. The number of ether oxygens (including phenoxy) is 1. The summed E-state index contributed by atoms with van der Waals surface area (Å²) in [6.07, 6.45) is 18.1. The quantitative estimate of drug-likeness (QED) is 0.0440. The summed E-state index contributed by atoms with van der Waals surface area (Å²) in [6, 6.07) is 6.39. The zero-order valence-corrected chi connectivity index (χ0v) is 35.3. The molecule has 3 unspecified atom stereocenters. The van der Waals surface area contributed by atoms with Crippen molar-refractivity contribution in [3.05, 3.63) is 83.3 Å². The van der Waals surface area contributed by atoms with Gasteiger partial charge >= 0.3 is 5.97 Å². The average molecular weight is 806 g/mol. The Morgan fingerprint density at radius 2 is 1.81 bits per heavy atom. The van der Waals surface area contributed by atoms with Gasteiger partial charge in [-0.1, -0.05) is 30.4 Å². The van der Waals surface area contributed by atoms with E-state index in [9.17, 15) is 17.4 Å². The Morgan fingerprint density at radius 1 is 1.06 bits per heavy atom. The minimum absolute atomic E-state index is 0.172. The third-order valence-corrected chi connectivity index (χ3v) is 14.2. The van der Waals surface area contributed by atoms with Crippen molar-refractivity contribution in [2.45, 2.75) is 87.7 Å². The minimum Gasteiger partial charge on any atom is -0.481 e. The predicted molar refractivity (Wildman–Crippen MR) is 216 cm³/mol. The van der Waals surface area contributed by atoms with Crippen LogP contribution in [-0.4, -0.2) is 97.5 Å². The number of carboxylic acids is 1. The summed E-state index contributed by atoms with van der Waals surface area (Å²) in [4.78, 5) is 14.3. The number of rotatable bonds is 21. The number of likely N-dealkylation sites (tertiary alicyclic amines) is 1. The smallest absolute Gasteiger partial charge is 0.303 e. The van der Waals surface area contributed by atoms with Crippen molar-refractivity contribution < 1.29 is 44.4 Å². The molecule has 4 rings (SSSR count). The zero-order valence-electron chi connectivity index (χ0n) is 32.9. The third-order valence-electron chi connectivity index (χ3n) is 10.7. The van der Waals surface area contributed by atoms with Gasteiger partial charge in [-0.15, -0.1) is 0 Å². The van der Waals surface area contributed by atoms with Crippen LogP contribution in [0.25, 0.3) is 0 Å². The summed E-state index contributed by atoms with van der Waals surface area (Å²) >= 11 is -0.0825. The van der Waals surface area contributed by atoms with Crippen molar-refractivity contribution in [3.63, 3.8) is 0 Å². The van der Waals surface area contributed by atoms with Crippen LogP contribution in [0.1, 0.15) is 78.2 Å². The van der Waals surface area contributed by atoms with Crippen molar-refractivity contribution in [2.75, 3.05) is 53.9 Å². The molecule has 298 valence electrons. The van der Waals surface area contributed by atoms with Crippen LogP contribution >= 0.6 is 12.0 Å². The highest BCUT2D eigenvalue weighted by Crippen LogP contribution is 2.56. The Balaban J connectivity index is 1.73. The van der Waals surface area contributed by atoms with Gasteiger partial charge in [-0.05, 0) is 83.6 Å². The molecule has 0 bridgehead atoms. The second-order valence-corrected chi connectivity index (χ2v) is 19.1. The second-order valence-electron chi connectivity index (χ2n) is 14.6. The number of fused-ring (bicyclic) bond motifs is 2. The fourth-order valence-corrected chi connectivity index (χ4v) is 9.65. The largest absolute Gasteiger partial charge is 0.481 e. The van der Waals surface area contributed by atoms with Crippen molar-refractivity contribution >= 4 is 50.6 Å². The van der Waals surface area contributed by atoms with Crippen LogP contribution in [0.2, 0.25) is 0 Å². The fourth-order valence-electron chi connectivity index (χ4n) is 7.69. The lowest BCUT2D eigenvalue weighted by atomic mass is 9.74. The first-order valence-corrected chi connectivity index (χ1v) is 21.7. The number of hydrogen-bond acceptors (Lipinski definition) is 10. The van der Waals surface area contributed by atoms with Gasteiger partial charge in [0.2, 0.25) is 5.69 Å². The average Bonchev–Trinajstić information content (AvgIpc) is 3.48. The van der Waals surface area contributed by atoms with E-state index in [1.54, 1.807) is 21.1 Å². The molecular formula is C40H57N2O9S3+. The van der Waals surface area contributed by atoms with Crippen LogP contribution in [0.15, 0.2) is 82.6 Å². The molecule has 3 atom stereocenters. The minimum atomic E-state index is -3.90. The molecule has 1 aliphatic carbocycles. The van der Waals surface area contributed by atoms with E-state index in [0.717, 1.165) is 52.6 Å². The lowest BCUT2D eigenvalue weighted by Crippen LogP contribution is -2.37. The highest BCUT2D eigenvalue weighted by molar-refractivity contribution is 7.94. The number of carbonyl (C=O) groups is 1. The van der Waals surface area contributed by atoms with Gasteiger partial charge < -0.3 is 18.9 Å². The molecule has 1 aromatic carbocycles. The summed E-state index contributed by atoms with van der Waals surface area (Å²) in [6.45, 7) is 10.0. The molecule has 0 radical (unpaired) electrons. The van der Waals surface area contributed by atoms with E-state index in [1.165, 1.54) is 31.8 Å². The van der Waals surface area contributed by atoms with E-state index in [4.69, 9.17) is 22.4 Å². The van der Waals surface area contributed by atoms with E-state index >= 15 is 0 Å². The summed E-state index contributed by atoms with van der Waals surface area (Å²) in [5.41, 5.74) is 5.44. The molecule has 1 fully saturated rings. The normalized spacial score (nSPS) is 23.7. The highest BCUT2D eigenvalue weighted by Gasteiger charge is 2.51. The molecular weight excluding hydrogens is 749 g/mol. The molecule has 1 aromatic rings.